The van der Waals surface area contributed by atoms with Crippen LogP contribution in [-0.4, -0.2) is 55.0 Å². The molecule has 3 rings (SSSR count). The zero-order valence-electron chi connectivity index (χ0n) is 11.1. The number of hydrogen-bond acceptors (Lipinski definition) is 5. The highest BCUT2D eigenvalue weighted by Gasteiger charge is 2.26. The molecule has 1 aromatic carbocycles. The van der Waals surface area contributed by atoms with E-state index in [1.54, 1.807) is 0 Å². The number of ether oxygens (including phenoxy) is 3. The van der Waals surface area contributed by atoms with Crippen LogP contribution in [0.15, 0.2) is 18.2 Å². The summed E-state index contributed by atoms with van der Waals surface area (Å²) in [4.78, 5) is 13.0. The normalized spacial score (nSPS) is 22.5. The van der Waals surface area contributed by atoms with Gasteiger partial charge in [-0.2, -0.15) is 0 Å². The molecule has 0 spiro atoms. The predicted octanol–water partition coefficient (Wildman–Crippen LogP) is 0.743. The van der Waals surface area contributed by atoms with Crippen molar-refractivity contribution in [2.24, 2.45) is 0 Å². The molecule has 1 N–H and O–H groups in total. The zero-order chi connectivity index (χ0) is 13.9. The lowest BCUT2D eigenvalue weighted by atomic mass is 10.1. The van der Waals surface area contributed by atoms with Crippen LogP contribution in [0.4, 0.5) is 0 Å². The Bertz CT molecular complexity index is 504. The molecule has 0 radical (unpaired) electrons. The number of aliphatic carboxylic acids is 1. The van der Waals surface area contributed by atoms with E-state index in [9.17, 15) is 4.79 Å². The van der Waals surface area contributed by atoms with E-state index in [1.807, 2.05) is 18.2 Å². The number of carboxylic acid groups (broad SMARTS) is 1. The average Bonchev–Trinajstić information content (AvgIpc) is 2.47. The quantitative estimate of drug-likeness (QED) is 0.880. The summed E-state index contributed by atoms with van der Waals surface area (Å²) in [6.07, 6.45) is -0.735. The summed E-state index contributed by atoms with van der Waals surface area (Å²) in [5.74, 6) is 0.624. The highest BCUT2D eigenvalue weighted by atomic mass is 16.6. The average molecular weight is 279 g/mol. The number of nitrogens with zero attached hydrogens (tertiary/aromatic N) is 1. The van der Waals surface area contributed by atoms with Crippen LogP contribution < -0.4 is 9.47 Å². The number of carbonyl (C=O) groups is 1. The minimum Gasteiger partial charge on any atom is -0.486 e. The second kappa shape index (κ2) is 5.68. The Morgan fingerprint density at radius 1 is 1.25 bits per heavy atom. The molecule has 0 aromatic heterocycles. The van der Waals surface area contributed by atoms with E-state index in [0.29, 0.717) is 32.9 Å². The van der Waals surface area contributed by atoms with Crippen molar-refractivity contribution in [3.05, 3.63) is 23.8 Å². The molecule has 108 valence electrons. The van der Waals surface area contributed by atoms with Gasteiger partial charge in [0, 0.05) is 19.6 Å². The van der Waals surface area contributed by atoms with Crippen molar-refractivity contribution in [2.75, 3.05) is 32.9 Å². The molecule has 1 aromatic rings. The summed E-state index contributed by atoms with van der Waals surface area (Å²) in [7, 11) is 0. The van der Waals surface area contributed by atoms with Crippen molar-refractivity contribution >= 4 is 5.97 Å². The fourth-order valence-electron chi connectivity index (χ4n) is 2.44. The molecule has 1 atom stereocenters. The topological polar surface area (TPSA) is 68.2 Å². The van der Waals surface area contributed by atoms with Gasteiger partial charge in [0.15, 0.2) is 17.6 Å². The number of hydrogen-bond donors (Lipinski definition) is 1. The molecule has 1 unspecified atom stereocenters. The molecular formula is C14H17NO5. The SMILES string of the molecule is O=C(O)C1CN(Cc2ccc3c(c2)OCCO3)CCO1. The van der Waals surface area contributed by atoms with Gasteiger partial charge < -0.3 is 19.3 Å². The molecule has 6 nitrogen and oxygen atoms in total. The van der Waals surface area contributed by atoms with Gasteiger partial charge in [-0.1, -0.05) is 6.07 Å². The molecule has 1 fully saturated rings. The lowest BCUT2D eigenvalue weighted by Gasteiger charge is -2.31. The van der Waals surface area contributed by atoms with E-state index in [0.717, 1.165) is 23.6 Å². The van der Waals surface area contributed by atoms with Crippen LogP contribution in [0.5, 0.6) is 11.5 Å². The third-order valence-electron chi connectivity index (χ3n) is 3.44. The Morgan fingerprint density at radius 3 is 2.85 bits per heavy atom. The van der Waals surface area contributed by atoms with Crippen LogP contribution in [0.25, 0.3) is 0 Å². The highest BCUT2D eigenvalue weighted by molar-refractivity contribution is 5.72. The second-order valence-electron chi connectivity index (χ2n) is 4.91. The third-order valence-corrected chi connectivity index (χ3v) is 3.44. The number of benzene rings is 1. The van der Waals surface area contributed by atoms with Crippen molar-refractivity contribution < 1.29 is 24.1 Å². The maximum Gasteiger partial charge on any atom is 0.334 e. The molecule has 0 amide bonds. The second-order valence-corrected chi connectivity index (χ2v) is 4.91. The van der Waals surface area contributed by atoms with E-state index in [2.05, 4.69) is 4.90 Å². The van der Waals surface area contributed by atoms with E-state index >= 15 is 0 Å². The number of morpholine rings is 1. The maximum atomic E-state index is 11.0. The number of rotatable bonds is 3. The molecule has 20 heavy (non-hydrogen) atoms. The van der Waals surface area contributed by atoms with Crippen LogP contribution in [0, 0.1) is 0 Å². The monoisotopic (exact) mass is 279 g/mol. The van der Waals surface area contributed by atoms with Gasteiger partial charge in [0.2, 0.25) is 0 Å². The predicted molar refractivity (Wildman–Crippen MR) is 70.1 cm³/mol. The van der Waals surface area contributed by atoms with Crippen molar-refractivity contribution in [2.45, 2.75) is 12.6 Å². The van der Waals surface area contributed by atoms with Gasteiger partial charge in [-0.25, -0.2) is 4.79 Å². The van der Waals surface area contributed by atoms with Gasteiger partial charge in [0.25, 0.3) is 0 Å². The smallest absolute Gasteiger partial charge is 0.334 e. The van der Waals surface area contributed by atoms with Crippen molar-refractivity contribution in [3.8, 4) is 11.5 Å². The summed E-state index contributed by atoms with van der Waals surface area (Å²) < 4.78 is 16.2. The lowest BCUT2D eigenvalue weighted by molar-refractivity contribution is -0.156. The Hall–Kier alpha value is -1.79. The largest absolute Gasteiger partial charge is 0.486 e. The summed E-state index contributed by atoms with van der Waals surface area (Å²) >= 11 is 0. The first-order valence-electron chi connectivity index (χ1n) is 6.67. The van der Waals surface area contributed by atoms with Crippen LogP contribution >= 0.6 is 0 Å². The van der Waals surface area contributed by atoms with Crippen molar-refractivity contribution in [3.63, 3.8) is 0 Å². The van der Waals surface area contributed by atoms with E-state index in [1.165, 1.54) is 0 Å². The maximum absolute atomic E-state index is 11.0. The Kier molecular flexibility index (Phi) is 3.75. The van der Waals surface area contributed by atoms with Crippen molar-refractivity contribution in [1.82, 2.24) is 4.90 Å². The lowest BCUT2D eigenvalue weighted by Crippen LogP contribution is -2.45. The minimum absolute atomic E-state index is 0.407. The molecule has 0 aliphatic carbocycles. The Morgan fingerprint density at radius 2 is 2.05 bits per heavy atom. The van der Waals surface area contributed by atoms with Crippen molar-refractivity contribution in [1.29, 1.82) is 0 Å². The first-order valence-corrected chi connectivity index (χ1v) is 6.67. The fraction of sp³-hybridized carbons (Fsp3) is 0.500. The molecule has 2 aliphatic rings. The third kappa shape index (κ3) is 2.86. The van der Waals surface area contributed by atoms with E-state index < -0.39 is 12.1 Å². The Balaban J connectivity index is 1.66. The van der Waals surface area contributed by atoms with Crippen LogP contribution in [0.2, 0.25) is 0 Å². The molecule has 2 heterocycles. The van der Waals surface area contributed by atoms with Gasteiger partial charge in [-0.05, 0) is 17.7 Å². The summed E-state index contributed by atoms with van der Waals surface area (Å²) in [5.41, 5.74) is 1.08. The minimum atomic E-state index is -0.906. The van der Waals surface area contributed by atoms with Gasteiger partial charge in [-0.3, -0.25) is 4.90 Å². The fourth-order valence-corrected chi connectivity index (χ4v) is 2.44. The van der Waals surface area contributed by atoms with Crippen LogP contribution in [-0.2, 0) is 16.1 Å². The first-order chi connectivity index (χ1) is 9.72. The molecular weight excluding hydrogens is 262 g/mol. The van der Waals surface area contributed by atoms with Gasteiger partial charge in [-0.15, -0.1) is 0 Å². The summed E-state index contributed by atoms with van der Waals surface area (Å²) in [6, 6.07) is 5.84. The molecule has 2 aliphatic heterocycles. The molecule has 0 saturated carbocycles. The molecule has 1 saturated heterocycles. The van der Waals surface area contributed by atoms with Gasteiger partial charge in [0.1, 0.15) is 13.2 Å². The highest BCUT2D eigenvalue weighted by Crippen LogP contribution is 2.31. The number of carboxylic acids is 1. The number of fused-ring (bicyclic) bond motifs is 1. The summed E-state index contributed by atoms with van der Waals surface area (Å²) in [6.45, 7) is 3.42. The Labute approximate surface area is 116 Å². The molecule has 0 bridgehead atoms. The van der Waals surface area contributed by atoms with Crippen LogP contribution in [0.3, 0.4) is 0 Å². The van der Waals surface area contributed by atoms with E-state index in [4.69, 9.17) is 19.3 Å². The zero-order valence-corrected chi connectivity index (χ0v) is 11.1. The first kappa shape index (κ1) is 13.2. The van der Waals surface area contributed by atoms with Gasteiger partial charge >= 0.3 is 5.97 Å². The summed E-state index contributed by atoms with van der Waals surface area (Å²) in [5, 5.41) is 8.99. The van der Waals surface area contributed by atoms with Gasteiger partial charge in [0.05, 0.1) is 6.61 Å². The van der Waals surface area contributed by atoms with E-state index in [-0.39, 0.29) is 0 Å². The molecule has 6 heteroatoms. The van der Waals surface area contributed by atoms with Crippen LogP contribution in [0.1, 0.15) is 5.56 Å². The standard InChI is InChI=1S/C14H17NO5/c16-14(17)13-9-15(3-4-18-13)8-10-1-2-11-12(7-10)20-6-5-19-11/h1-2,7,13H,3-6,8-9H2,(H,16,17).